The molecule has 0 unspecified atom stereocenters. The van der Waals surface area contributed by atoms with E-state index >= 15 is 0 Å². The predicted octanol–water partition coefficient (Wildman–Crippen LogP) is 5.25. The molecule has 42 heavy (non-hydrogen) atoms. The van der Waals surface area contributed by atoms with E-state index in [2.05, 4.69) is 46.0 Å². The molecular formula is C33H39N3O5S. The Morgan fingerprint density at radius 3 is 2.10 bits per heavy atom. The number of amides is 1. The van der Waals surface area contributed by atoms with Crippen LogP contribution in [0.5, 0.6) is 0 Å². The summed E-state index contributed by atoms with van der Waals surface area (Å²) in [6, 6.07) is 24.0. The van der Waals surface area contributed by atoms with Crippen LogP contribution in [0.15, 0.2) is 78.9 Å². The van der Waals surface area contributed by atoms with E-state index in [4.69, 9.17) is 4.74 Å². The van der Waals surface area contributed by atoms with Crippen LogP contribution in [0.1, 0.15) is 36.8 Å². The van der Waals surface area contributed by atoms with Crippen LogP contribution in [0.2, 0.25) is 0 Å². The summed E-state index contributed by atoms with van der Waals surface area (Å²) in [5.74, 6) is -0.666. The van der Waals surface area contributed by atoms with Crippen LogP contribution in [0, 0.1) is 5.92 Å². The molecule has 3 aromatic rings. The molecule has 8 nitrogen and oxygen atoms in total. The van der Waals surface area contributed by atoms with Gasteiger partial charge in [0.05, 0.1) is 19.9 Å². The summed E-state index contributed by atoms with van der Waals surface area (Å²) < 4.78 is 30.8. The van der Waals surface area contributed by atoms with E-state index < -0.39 is 16.0 Å². The van der Waals surface area contributed by atoms with Gasteiger partial charge in [0.1, 0.15) is 0 Å². The zero-order valence-electron chi connectivity index (χ0n) is 24.6. The second-order valence-electron chi connectivity index (χ2n) is 11.0. The molecule has 9 heteroatoms. The van der Waals surface area contributed by atoms with Crippen molar-refractivity contribution in [2.45, 2.75) is 38.3 Å². The molecule has 1 amide bonds. The van der Waals surface area contributed by atoms with Gasteiger partial charge in [-0.05, 0) is 78.3 Å². The molecule has 1 aliphatic carbocycles. The average molecular weight is 590 g/mol. The van der Waals surface area contributed by atoms with Crippen LogP contribution in [0.4, 0.5) is 11.4 Å². The maximum absolute atomic E-state index is 14.0. The summed E-state index contributed by atoms with van der Waals surface area (Å²) in [6.07, 6.45) is 6.61. The van der Waals surface area contributed by atoms with Crippen molar-refractivity contribution >= 4 is 39.4 Å². The fraction of sp³-hybridized carbons (Fsp3) is 0.333. The minimum absolute atomic E-state index is 0.00486. The number of nitrogens with zero attached hydrogens (tertiary/aromatic N) is 2. The van der Waals surface area contributed by atoms with E-state index in [0.29, 0.717) is 32.2 Å². The molecule has 4 rings (SSSR count). The number of methoxy groups -OCH3 is 1. The molecule has 1 aliphatic rings. The Labute approximate surface area is 249 Å². The van der Waals surface area contributed by atoms with E-state index in [1.54, 1.807) is 11.0 Å². The highest BCUT2D eigenvalue weighted by molar-refractivity contribution is 7.88. The van der Waals surface area contributed by atoms with Gasteiger partial charge in [0, 0.05) is 43.5 Å². The van der Waals surface area contributed by atoms with Crippen LogP contribution in [-0.4, -0.2) is 53.8 Å². The smallest absolute Gasteiger partial charge is 0.330 e. The zero-order valence-corrected chi connectivity index (χ0v) is 25.4. The Kier molecular flexibility index (Phi) is 10.2. The van der Waals surface area contributed by atoms with E-state index in [1.165, 1.54) is 13.2 Å². The van der Waals surface area contributed by atoms with E-state index in [9.17, 15) is 18.0 Å². The van der Waals surface area contributed by atoms with Gasteiger partial charge in [-0.2, -0.15) is 0 Å². The van der Waals surface area contributed by atoms with Gasteiger partial charge in [0.2, 0.25) is 15.9 Å². The quantitative estimate of drug-likeness (QED) is 0.257. The summed E-state index contributed by atoms with van der Waals surface area (Å²) in [5, 5.41) is 0. The minimum atomic E-state index is -3.30. The van der Waals surface area contributed by atoms with E-state index in [0.717, 1.165) is 39.9 Å². The number of ether oxygens (including phenoxy) is 1. The first-order valence-electron chi connectivity index (χ1n) is 14.0. The van der Waals surface area contributed by atoms with Crippen LogP contribution in [0.25, 0.3) is 17.2 Å². The Morgan fingerprint density at radius 1 is 0.905 bits per heavy atom. The second-order valence-corrected chi connectivity index (χ2v) is 12.7. The van der Waals surface area contributed by atoms with E-state index in [1.807, 2.05) is 50.5 Å². The van der Waals surface area contributed by atoms with Gasteiger partial charge in [0.15, 0.2) is 0 Å². The number of carbonyl (C=O) groups excluding carboxylic acids is 2. The van der Waals surface area contributed by atoms with Crippen molar-refractivity contribution in [3.05, 3.63) is 90.0 Å². The topological polar surface area (TPSA) is 96.0 Å². The van der Waals surface area contributed by atoms with Crippen molar-refractivity contribution in [2.75, 3.05) is 37.3 Å². The highest BCUT2D eigenvalue weighted by Gasteiger charge is 2.31. The lowest BCUT2D eigenvalue weighted by Gasteiger charge is -2.32. The molecule has 1 N–H and O–H groups in total. The van der Waals surface area contributed by atoms with Gasteiger partial charge in [-0.3, -0.25) is 4.79 Å². The number of esters is 1. The number of benzene rings is 3. The maximum atomic E-state index is 14.0. The number of carbonyl (C=O) groups is 2. The molecular weight excluding hydrogens is 550 g/mol. The molecule has 222 valence electrons. The Balaban J connectivity index is 1.57. The van der Waals surface area contributed by atoms with E-state index in [-0.39, 0.29) is 17.9 Å². The first kappa shape index (κ1) is 31.0. The molecule has 1 fully saturated rings. The first-order chi connectivity index (χ1) is 20.0. The highest BCUT2D eigenvalue weighted by atomic mass is 32.2. The summed E-state index contributed by atoms with van der Waals surface area (Å²) in [7, 11) is 2.06. The fourth-order valence-electron chi connectivity index (χ4n) is 5.24. The van der Waals surface area contributed by atoms with Crippen molar-refractivity contribution in [2.24, 2.45) is 5.92 Å². The third kappa shape index (κ3) is 8.53. The van der Waals surface area contributed by atoms with Gasteiger partial charge < -0.3 is 14.5 Å². The summed E-state index contributed by atoms with van der Waals surface area (Å²) in [6.45, 7) is 0.379. The number of nitrogens with one attached hydrogen (secondary N) is 1. The molecule has 0 saturated heterocycles. The standard InChI is InChI=1S/C33H39N3O5S/c1-35(2)30-19-15-27(16-20-30)26-11-8-25(9-12-26)23-36(31-7-5-6-24(22-31)10-21-32(37)41-3)33(38)28-13-17-29(18-14-28)34-42(4,39)40/h5-12,15-16,19-22,28-29,34H,13-14,17-18,23H2,1-4H3/b21-10+. The molecule has 0 aliphatic heterocycles. The molecule has 1 saturated carbocycles. The van der Waals surface area contributed by atoms with Crippen molar-refractivity contribution in [3.63, 3.8) is 0 Å². The number of anilines is 2. The number of sulfonamides is 1. The first-order valence-corrected chi connectivity index (χ1v) is 15.9. The van der Waals surface area contributed by atoms with Gasteiger partial charge >= 0.3 is 5.97 Å². The van der Waals surface area contributed by atoms with Gasteiger partial charge in [-0.1, -0.05) is 48.5 Å². The fourth-order valence-corrected chi connectivity index (χ4v) is 6.08. The summed E-state index contributed by atoms with van der Waals surface area (Å²) >= 11 is 0. The normalized spacial score (nSPS) is 17.1. The second kappa shape index (κ2) is 13.8. The third-order valence-corrected chi connectivity index (χ3v) is 8.29. The molecule has 3 aromatic carbocycles. The number of rotatable bonds is 10. The van der Waals surface area contributed by atoms with Crippen LogP contribution in [0.3, 0.4) is 0 Å². The minimum Gasteiger partial charge on any atom is -0.466 e. The van der Waals surface area contributed by atoms with Crippen molar-refractivity contribution in [1.82, 2.24) is 4.72 Å². The monoisotopic (exact) mass is 589 g/mol. The number of hydrogen-bond acceptors (Lipinski definition) is 6. The molecule has 0 bridgehead atoms. The third-order valence-electron chi connectivity index (χ3n) is 7.53. The van der Waals surface area contributed by atoms with Gasteiger partial charge in [-0.25, -0.2) is 17.9 Å². The van der Waals surface area contributed by atoms with Gasteiger partial charge in [0.25, 0.3) is 0 Å². The van der Waals surface area contributed by atoms with Crippen molar-refractivity contribution < 1.29 is 22.7 Å². The van der Waals surface area contributed by atoms with Crippen molar-refractivity contribution in [1.29, 1.82) is 0 Å². The molecule has 0 radical (unpaired) electrons. The highest BCUT2D eigenvalue weighted by Crippen LogP contribution is 2.31. The lowest BCUT2D eigenvalue weighted by Crippen LogP contribution is -2.42. The lowest BCUT2D eigenvalue weighted by molar-refractivity contribution is -0.134. The van der Waals surface area contributed by atoms with Crippen LogP contribution >= 0.6 is 0 Å². The summed E-state index contributed by atoms with van der Waals surface area (Å²) in [5.41, 5.74) is 5.83. The molecule has 0 heterocycles. The maximum Gasteiger partial charge on any atom is 0.330 e. The van der Waals surface area contributed by atoms with Crippen LogP contribution in [-0.2, 0) is 30.9 Å². The Hall–Kier alpha value is -3.95. The molecule has 0 aromatic heterocycles. The summed E-state index contributed by atoms with van der Waals surface area (Å²) in [4.78, 5) is 29.5. The molecule has 0 atom stereocenters. The molecule has 0 spiro atoms. The van der Waals surface area contributed by atoms with Crippen LogP contribution < -0.4 is 14.5 Å². The number of hydrogen-bond donors (Lipinski definition) is 1. The zero-order chi connectivity index (χ0) is 30.3. The predicted molar refractivity (Wildman–Crippen MR) is 169 cm³/mol. The SMILES string of the molecule is COC(=O)/C=C/c1cccc(N(Cc2ccc(-c3ccc(N(C)C)cc3)cc2)C(=O)C2CCC(NS(C)(=O)=O)CC2)c1. The van der Waals surface area contributed by atoms with Gasteiger partial charge in [-0.15, -0.1) is 0 Å². The average Bonchev–Trinajstić information content (AvgIpc) is 2.98. The lowest BCUT2D eigenvalue weighted by atomic mass is 9.85. The Morgan fingerprint density at radius 2 is 1.52 bits per heavy atom. The van der Waals surface area contributed by atoms with Crippen molar-refractivity contribution in [3.8, 4) is 11.1 Å². The Bertz CT molecular complexity index is 1510. The largest absolute Gasteiger partial charge is 0.466 e.